The molecule has 0 saturated heterocycles. The summed E-state index contributed by atoms with van der Waals surface area (Å²) in [6.07, 6.45) is 2.06. The fourth-order valence-electron chi connectivity index (χ4n) is 2.77. The van der Waals surface area contributed by atoms with Crippen LogP contribution in [0.4, 0.5) is 4.79 Å². The molecule has 1 N–H and O–H groups in total. The first kappa shape index (κ1) is 18.4. The lowest BCUT2D eigenvalue weighted by atomic mass is 10.0. The minimum atomic E-state index is -0.511. The topological polar surface area (TPSA) is 71.5 Å². The monoisotopic (exact) mass is 373 g/mol. The Morgan fingerprint density at radius 3 is 2.85 bits per heavy atom. The van der Waals surface area contributed by atoms with Gasteiger partial charge in [0.15, 0.2) is 0 Å². The Labute approximate surface area is 157 Å². The SMILES string of the molecule is CC(C)(C)OC(=O)N1CCc2c(C(=O)NCc3ccccn3)csc2C1. The Hall–Kier alpha value is -2.41. The lowest BCUT2D eigenvalue weighted by Gasteiger charge is -2.30. The summed E-state index contributed by atoms with van der Waals surface area (Å²) in [7, 11) is 0. The van der Waals surface area contributed by atoms with E-state index in [-0.39, 0.29) is 12.0 Å². The number of rotatable bonds is 3. The number of aromatic nitrogens is 1. The first-order valence-corrected chi connectivity index (χ1v) is 9.47. The lowest BCUT2D eigenvalue weighted by molar-refractivity contribution is 0.0226. The molecular formula is C19H23N3O3S. The standard InChI is InChI=1S/C19H23N3O3S/c1-19(2,3)25-18(24)22-9-7-14-15(12-26-16(14)11-22)17(23)21-10-13-6-4-5-8-20-13/h4-6,8,12H,7,9-11H2,1-3H3,(H,21,23). The highest BCUT2D eigenvalue weighted by Gasteiger charge is 2.29. The summed E-state index contributed by atoms with van der Waals surface area (Å²) < 4.78 is 5.44. The zero-order valence-corrected chi connectivity index (χ0v) is 16.1. The van der Waals surface area contributed by atoms with Crippen molar-refractivity contribution in [3.63, 3.8) is 0 Å². The highest BCUT2D eigenvalue weighted by Crippen LogP contribution is 2.29. The lowest BCUT2D eigenvalue weighted by Crippen LogP contribution is -2.39. The van der Waals surface area contributed by atoms with Crippen LogP contribution in [-0.2, 0) is 24.2 Å². The van der Waals surface area contributed by atoms with Gasteiger partial charge < -0.3 is 15.0 Å². The number of ether oxygens (including phenoxy) is 1. The second kappa shape index (κ2) is 7.45. The van der Waals surface area contributed by atoms with Gasteiger partial charge in [0.25, 0.3) is 5.91 Å². The molecule has 2 amide bonds. The van der Waals surface area contributed by atoms with Crippen molar-refractivity contribution in [2.24, 2.45) is 0 Å². The third kappa shape index (κ3) is 4.40. The minimum Gasteiger partial charge on any atom is -0.444 e. The molecule has 2 aromatic rings. The van der Waals surface area contributed by atoms with E-state index in [2.05, 4.69) is 10.3 Å². The second-order valence-electron chi connectivity index (χ2n) is 7.21. The third-order valence-electron chi connectivity index (χ3n) is 4.00. The van der Waals surface area contributed by atoms with Crippen molar-refractivity contribution >= 4 is 23.3 Å². The molecule has 1 aliphatic rings. The number of hydrogen-bond donors (Lipinski definition) is 1. The Bertz CT molecular complexity index is 796. The van der Waals surface area contributed by atoms with Gasteiger partial charge in [0, 0.05) is 23.0 Å². The van der Waals surface area contributed by atoms with Crippen LogP contribution in [0.15, 0.2) is 29.8 Å². The number of nitrogens with zero attached hydrogens (tertiary/aromatic N) is 2. The van der Waals surface area contributed by atoms with Crippen molar-refractivity contribution in [3.05, 3.63) is 51.5 Å². The molecule has 6 nitrogen and oxygen atoms in total. The van der Waals surface area contributed by atoms with E-state index < -0.39 is 5.60 Å². The average Bonchev–Trinajstić information content (AvgIpc) is 3.02. The number of carbonyl (C=O) groups excluding carboxylic acids is 2. The zero-order chi connectivity index (χ0) is 18.7. The Kier molecular flexibility index (Phi) is 5.27. The summed E-state index contributed by atoms with van der Waals surface area (Å²) in [5.41, 5.74) is 2.04. The summed E-state index contributed by atoms with van der Waals surface area (Å²) in [5, 5.41) is 4.79. The van der Waals surface area contributed by atoms with Gasteiger partial charge in [0.1, 0.15) is 5.60 Å². The Morgan fingerprint density at radius 1 is 1.35 bits per heavy atom. The van der Waals surface area contributed by atoms with Crippen LogP contribution < -0.4 is 5.32 Å². The molecule has 0 radical (unpaired) electrons. The number of fused-ring (bicyclic) bond motifs is 1. The van der Waals surface area contributed by atoms with Crippen LogP contribution in [0.2, 0.25) is 0 Å². The zero-order valence-electron chi connectivity index (χ0n) is 15.2. The van der Waals surface area contributed by atoms with Gasteiger partial charge in [-0.2, -0.15) is 0 Å². The number of carbonyl (C=O) groups is 2. The molecule has 138 valence electrons. The first-order valence-electron chi connectivity index (χ1n) is 8.59. The van der Waals surface area contributed by atoms with Gasteiger partial charge in [-0.3, -0.25) is 9.78 Å². The fourth-order valence-corrected chi connectivity index (χ4v) is 3.86. The van der Waals surface area contributed by atoms with Gasteiger partial charge in [-0.25, -0.2) is 4.79 Å². The normalized spacial score (nSPS) is 13.9. The molecule has 1 aliphatic heterocycles. The van der Waals surface area contributed by atoms with Gasteiger partial charge in [0.05, 0.1) is 24.3 Å². The van der Waals surface area contributed by atoms with Crippen LogP contribution in [0.1, 0.15) is 47.3 Å². The number of amides is 2. The quantitative estimate of drug-likeness (QED) is 0.895. The largest absolute Gasteiger partial charge is 0.444 e. The summed E-state index contributed by atoms with van der Waals surface area (Å²) in [6, 6.07) is 5.62. The molecule has 0 bridgehead atoms. The van der Waals surface area contributed by atoms with Crippen LogP contribution in [0.3, 0.4) is 0 Å². The molecule has 0 aromatic carbocycles. The van der Waals surface area contributed by atoms with Gasteiger partial charge in [-0.1, -0.05) is 6.07 Å². The van der Waals surface area contributed by atoms with E-state index in [1.54, 1.807) is 11.1 Å². The van der Waals surface area contributed by atoms with E-state index >= 15 is 0 Å². The van der Waals surface area contributed by atoms with Crippen LogP contribution >= 0.6 is 11.3 Å². The fraction of sp³-hybridized carbons (Fsp3) is 0.421. The Balaban J connectivity index is 1.63. The molecule has 3 rings (SSSR count). The van der Waals surface area contributed by atoms with E-state index in [0.717, 1.165) is 16.1 Å². The maximum Gasteiger partial charge on any atom is 0.410 e. The molecule has 26 heavy (non-hydrogen) atoms. The number of thiophene rings is 1. The molecular weight excluding hydrogens is 350 g/mol. The van der Waals surface area contributed by atoms with Crippen LogP contribution in [0, 0.1) is 0 Å². The number of nitrogens with one attached hydrogen (secondary N) is 1. The minimum absolute atomic E-state index is 0.0983. The van der Waals surface area contributed by atoms with Gasteiger partial charge in [-0.05, 0) is 44.9 Å². The molecule has 3 heterocycles. The highest BCUT2D eigenvalue weighted by molar-refractivity contribution is 7.10. The molecule has 0 spiro atoms. The summed E-state index contributed by atoms with van der Waals surface area (Å²) in [5.74, 6) is -0.0983. The summed E-state index contributed by atoms with van der Waals surface area (Å²) >= 11 is 1.52. The molecule has 7 heteroatoms. The van der Waals surface area contributed by atoms with Crippen molar-refractivity contribution < 1.29 is 14.3 Å². The molecule has 2 aromatic heterocycles. The van der Waals surface area contributed by atoms with Gasteiger partial charge >= 0.3 is 6.09 Å². The maximum absolute atomic E-state index is 12.5. The first-order chi connectivity index (χ1) is 12.3. The van der Waals surface area contributed by atoms with Gasteiger partial charge in [0.2, 0.25) is 0 Å². The van der Waals surface area contributed by atoms with E-state index in [1.165, 1.54) is 11.3 Å². The number of pyridine rings is 1. The van der Waals surface area contributed by atoms with Crippen LogP contribution in [0.5, 0.6) is 0 Å². The Morgan fingerprint density at radius 2 is 2.15 bits per heavy atom. The molecule has 0 fully saturated rings. The van der Waals surface area contributed by atoms with Crippen molar-refractivity contribution in [3.8, 4) is 0 Å². The molecule has 0 atom stereocenters. The maximum atomic E-state index is 12.5. The smallest absolute Gasteiger partial charge is 0.410 e. The summed E-state index contributed by atoms with van der Waals surface area (Å²) in [6.45, 7) is 7.01. The van der Waals surface area contributed by atoms with E-state index in [9.17, 15) is 9.59 Å². The third-order valence-corrected chi connectivity index (χ3v) is 5.01. The van der Waals surface area contributed by atoms with Crippen molar-refractivity contribution in [2.45, 2.75) is 45.9 Å². The highest BCUT2D eigenvalue weighted by atomic mass is 32.1. The van der Waals surface area contributed by atoms with Crippen LogP contribution in [0.25, 0.3) is 0 Å². The predicted octanol–water partition coefficient (Wildman–Crippen LogP) is 3.37. The van der Waals surface area contributed by atoms with E-state index in [4.69, 9.17) is 4.74 Å². The molecule has 0 aliphatic carbocycles. The van der Waals surface area contributed by atoms with E-state index in [0.29, 0.717) is 31.6 Å². The molecule has 0 saturated carbocycles. The molecule has 0 unspecified atom stereocenters. The van der Waals surface area contributed by atoms with Crippen molar-refractivity contribution in [1.29, 1.82) is 0 Å². The summed E-state index contributed by atoms with van der Waals surface area (Å²) in [4.78, 5) is 31.7. The second-order valence-corrected chi connectivity index (χ2v) is 8.17. The van der Waals surface area contributed by atoms with Crippen LogP contribution in [-0.4, -0.2) is 34.0 Å². The van der Waals surface area contributed by atoms with Crippen molar-refractivity contribution in [1.82, 2.24) is 15.2 Å². The number of hydrogen-bond acceptors (Lipinski definition) is 5. The predicted molar refractivity (Wildman–Crippen MR) is 100 cm³/mol. The average molecular weight is 373 g/mol. The van der Waals surface area contributed by atoms with Gasteiger partial charge in [-0.15, -0.1) is 11.3 Å². The van der Waals surface area contributed by atoms with E-state index in [1.807, 2.05) is 44.4 Å². The van der Waals surface area contributed by atoms with Crippen molar-refractivity contribution in [2.75, 3.05) is 6.54 Å².